The molecule has 5 heteroatoms. The van der Waals surface area contributed by atoms with Crippen LogP contribution in [-0.2, 0) is 9.16 Å². The van der Waals surface area contributed by atoms with Crippen molar-refractivity contribution in [3.05, 3.63) is 0 Å². The molecule has 0 spiro atoms. The Bertz CT molecular complexity index is 161. The van der Waals surface area contributed by atoms with E-state index in [1.165, 1.54) is 7.11 Å². The molecule has 0 heterocycles. The summed E-state index contributed by atoms with van der Waals surface area (Å²) in [4.78, 5) is 10.7. The van der Waals surface area contributed by atoms with E-state index in [9.17, 15) is 4.79 Å². The topological polar surface area (TPSA) is 47.6 Å². The first-order chi connectivity index (χ1) is 6.02. The summed E-state index contributed by atoms with van der Waals surface area (Å²) in [6.45, 7) is 4.97. The maximum absolute atomic E-state index is 10.7. The summed E-state index contributed by atoms with van der Waals surface area (Å²) in [7, 11) is 1.66. The number of ether oxygens (including phenoxy) is 1. The van der Waals surface area contributed by atoms with E-state index in [1.54, 1.807) is 7.11 Å². The molecule has 4 nitrogen and oxygen atoms in total. The molecule has 13 heavy (non-hydrogen) atoms. The van der Waals surface area contributed by atoms with Crippen LogP contribution in [0, 0.1) is 0 Å². The molecular weight excluding hydrogens is 186 g/mol. The number of hydrogen-bond donors (Lipinski definition) is 1. The van der Waals surface area contributed by atoms with E-state index < -0.39 is 8.32 Å². The molecule has 0 bridgehead atoms. The third kappa shape index (κ3) is 6.59. The Balaban J connectivity index is 3.41. The highest BCUT2D eigenvalue weighted by Gasteiger charge is 2.19. The van der Waals surface area contributed by atoms with Crippen LogP contribution in [0.4, 0.5) is 4.79 Å². The molecule has 0 aromatic carbocycles. The Hall–Kier alpha value is -0.553. The van der Waals surface area contributed by atoms with E-state index in [2.05, 4.69) is 23.1 Å². The maximum Gasteiger partial charge on any atom is 0.406 e. The van der Waals surface area contributed by atoms with Crippen LogP contribution in [0.25, 0.3) is 0 Å². The maximum atomic E-state index is 10.7. The first kappa shape index (κ1) is 12.4. The van der Waals surface area contributed by atoms with Crippen LogP contribution in [-0.4, -0.2) is 35.2 Å². The van der Waals surface area contributed by atoms with Crippen LogP contribution >= 0.6 is 0 Å². The molecule has 0 unspecified atom stereocenters. The van der Waals surface area contributed by atoms with E-state index in [0.29, 0.717) is 6.54 Å². The van der Waals surface area contributed by atoms with Gasteiger partial charge in [0.15, 0.2) is 8.32 Å². The monoisotopic (exact) mass is 205 g/mol. The molecule has 0 aliphatic carbocycles. The number of carbonyl (C=O) groups excluding carboxylic acids is 1. The van der Waals surface area contributed by atoms with Crippen LogP contribution in [0.5, 0.6) is 0 Å². The number of methoxy groups -OCH3 is 1. The number of carbonyl (C=O) groups is 1. The van der Waals surface area contributed by atoms with E-state index in [0.717, 1.165) is 12.5 Å². The minimum atomic E-state index is -1.45. The van der Waals surface area contributed by atoms with Gasteiger partial charge in [0, 0.05) is 13.7 Å². The van der Waals surface area contributed by atoms with Gasteiger partial charge in [0.05, 0.1) is 7.11 Å². The average Bonchev–Trinajstić information content (AvgIpc) is 2.12. The van der Waals surface area contributed by atoms with Crippen LogP contribution in [0.3, 0.4) is 0 Å². The molecule has 1 amide bonds. The smallest absolute Gasteiger partial charge is 0.406 e. The zero-order valence-electron chi connectivity index (χ0n) is 8.85. The molecule has 0 saturated heterocycles. The lowest BCUT2D eigenvalue weighted by molar-refractivity contribution is 0.171. The van der Waals surface area contributed by atoms with Crippen molar-refractivity contribution in [3.63, 3.8) is 0 Å². The SMILES string of the molecule is COC(=O)NCCC[Si](C)(C)OC. The van der Waals surface area contributed by atoms with Gasteiger partial charge in [-0.3, -0.25) is 0 Å². The van der Waals surface area contributed by atoms with E-state index in [-0.39, 0.29) is 6.09 Å². The standard InChI is InChI=1S/C8H19NO3Si/c1-11-8(10)9-6-5-7-13(3,4)12-2/h5-7H2,1-4H3,(H,9,10). The number of nitrogens with one attached hydrogen (secondary N) is 1. The first-order valence-corrected chi connectivity index (χ1v) is 7.50. The Morgan fingerprint density at radius 1 is 1.38 bits per heavy atom. The zero-order chi connectivity index (χ0) is 10.3. The fourth-order valence-corrected chi connectivity index (χ4v) is 2.11. The summed E-state index contributed by atoms with van der Waals surface area (Å²) in [6.07, 6.45) is 0.583. The van der Waals surface area contributed by atoms with Crippen molar-refractivity contribution >= 4 is 14.4 Å². The summed E-state index contributed by atoms with van der Waals surface area (Å²) >= 11 is 0. The zero-order valence-corrected chi connectivity index (χ0v) is 9.85. The molecular formula is C8H19NO3Si. The van der Waals surface area contributed by atoms with Gasteiger partial charge in [-0.05, 0) is 25.6 Å². The van der Waals surface area contributed by atoms with Gasteiger partial charge in [-0.25, -0.2) is 4.79 Å². The highest BCUT2D eigenvalue weighted by atomic mass is 28.4. The first-order valence-electron chi connectivity index (χ1n) is 4.39. The lowest BCUT2D eigenvalue weighted by Crippen LogP contribution is -2.31. The highest BCUT2D eigenvalue weighted by molar-refractivity contribution is 6.71. The van der Waals surface area contributed by atoms with Crippen molar-refractivity contribution in [1.29, 1.82) is 0 Å². The minimum absolute atomic E-state index is 0.364. The van der Waals surface area contributed by atoms with Crippen LogP contribution in [0.15, 0.2) is 0 Å². The summed E-state index contributed by atoms with van der Waals surface area (Å²) < 4.78 is 9.80. The fraction of sp³-hybridized carbons (Fsp3) is 0.875. The van der Waals surface area contributed by atoms with Crippen LogP contribution in [0.1, 0.15) is 6.42 Å². The minimum Gasteiger partial charge on any atom is -0.453 e. The molecule has 78 valence electrons. The summed E-state index contributed by atoms with van der Waals surface area (Å²) in [5, 5.41) is 2.63. The van der Waals surface area contributed by atoms with E-state index >= 15 is 0 Å². The molecule has 0 atom stereocenters. The van der Waals surface area contributed by atoms with Gasteiger partial charge in [-0.2, -0.15) is 0 Å². The number of rotatable bonds is 5. The third-order valence-corrected chi connectivity index (χ3v) is 4.63. The van der Waals surface area contributed by atoms with Gasteiger partial charge in [0.2, 0.25) is 0 Å². The molecule has 0 radical (unpaired) electrons. The summed E-state index contributed by atoms with van der Waals surface area (Å²) in [5.41, 5.74) is 0. The predicted molar refractivity (Wildman–Crippen MR) is 54.3 cm³/mol. The second-order valence-corrected chi connectivity index (χ2v) is 7.91. The molecule has 0 fully saturated rings. The molecule has 0 saturated carbocycles. The van der Waals surface area contributed by atoms with Gasteiger partial charge in [-0.1, -0.05) is 0 Å². The molecule has 0 aliphatic heterocycles. The normalized spacial score (nSPS) is 11.1. The van der Waals surface area contributed by atoms with E-state index in [4.69, 9.17) is 4.43 Å². The third-order valence-electron chi connectivity index (χ3n) is 1.96. The Morgan fingerprint density at radius 2 is 2.00 bits per heavy atom. The summed E-state index contributed by atoms with van der Waals surface area (Å²) in [5.74, 6) is 0. The van der Waals surface area contributed by atoms with Gasteiger partial charge in [-0.15, -0.1) is 0 Å². The average molecular weight is 205 g/mol. The molecule has 0 rings (SSSR count). The largest absolute Gasteiger partial charge is 0.453 e. The molecule has 1 N–H and O–H groups in total. The van der Waals surface area contributed by atoms with E-state index in [1.807, 2.05) is 0 Å². The van der Waals surface area contributed by atoms with Crippen molar-refractivity contribution in [2.75, 3.05) is 20.8 Å². The lowest BCUT2D eigenvalue weighted by Gasteiger charge is -2.19. The number of amides is 1. The Kier molecular flexibility index (Phi) is 5.73. The Morgan fingerprint density at radius 3 is 2.46 bits per heavy atom. The van der Waals surface area contributed by atoms with Gasteiger partial charge in [0.1, 0.15) is 0 Å². The molecule has 0 aromatic rings. The second kappa shape index (κ2) is 5.99. The highest BCUT2D eigenvalue weighted by Crippen LogP contribution is 2.11. The van der Waals surface area contributed by atoms with Crippen molar-refractivity contribution in [3.8, 4) is 0 Å². The van der Waals surface area contributed by atoms with Crippen molar-refractivity contribution in [1.82, 2.24) is 5.32 Å². The van der Waals surface area contributed by atoms with Crippen LogP contribution < -0.4 is 5.32 Å². The second-order valence-electron chi connectivity index (χ2n) is 3.49. The quantitative estimate of drug-likeness (QED) is 0.547. The molecule has 0 aliphatic rings. The summed E-state index contributed by atoms with van der Waals surface area (Å²) in [6, 6.07) is 1.05. The Labute approximate surface area is 80.7 Å². The van der Waals surface area contributed by atoms with Gasteiger partial charge >= 0.3 is 6.09 Å². The fourth-order valence-electron chi connectivity index (χ4n) is 0.879. The van der Waals surface area contributed by atoms with Gasteiger partial charge in [0.25, 0.3) is 0 Å². The van der Waals surface area contributed by atoms with Gasteiger partial charge < -0.3 is 14.5 Å². The number of alkyl carbamates (subject to hydrolysis) is 1. The lowest BCUT2D eigenvalue weighted by atomic mass is 10.5. The van der Waals surface area contributed by atoms with Crippen molar-refractivity contribution in [2.24, 2.45) is 0 Å². The van der Waals surface area contributed by atoms with Crippen LogP contribution in [0.2, 0.25) is 19.1 Å². The predicted octanol–water partition coefficient (Wildman–Crippen LogP) is 1.58. The van der Waals surface area contributed by atoms with Crippen molar-refractivity contribution in [2.45, 2.75) is 25.6 Å². The number of hydrogen-bond acceptors (Lipinski definition) is 3. The van der Waals surface area contributed by atoms with Crippen molar-refractivity contribution < 1.29 is 14.0 Å². The molecule has 0 aromatic heterocycles.